The van der Waals surface area contributed by atoms with E-state index >= 15 is 0 Å². The summed E-state index contributed by atoms with van der Waals surface area (Å²) >= 11 is 4.96. The lowest BCUT2D eigenvalue weighted by molar-refractivity contribution is -0.133. The van der Waals surface area contributed by atoms with Crippen molar-refractivity contribution in [1.29, 1.82) is 0 Å². The largest absolute Gasteiger partial charge is 0.392 e. The van der Waals surface area contributed by atoms with Crippen molar-refractivity contribution in [2.45, 2.75) is 33.1 Å². The van der Waals surface area contributed by atoms with Gasteiger partial charge in [0.15, 0.2) is 0 Å². The monoisotopic (exact) mass is 228 g/mol. The van der Waals surface area contributed by atoms with Gasteiger partial charge in [0.2, 0.25) is 5.91 Å². The summed E-state index contributed by atoms with van der Waals surface area (Å²) in [5, 5.41) is 0. The molecule has 0 aromatic carbocycles. The van der Waals surface area contributed by atoms with Crippen molar-refractivity contribution in [1.82, 2.24) is 4.90 Å². The zero-order valence-electron chi connectivity index (χ0n) is 9.75. The fourth-order valence-corrected chi connectivity index (χ4v) is 2.03. The summed E-state index contributed by atoms with van der Waals surface area (Å²) in [5.41, 5.74) is 5.13. The van der Waals surface area contributed by atoms with Crippen LogP contribution in [0.1, 0.15) is 33.1 Å². The Balaban J connectivity index is 2.57. The van der Waals surface area contributed by atoms with Gasteiger partial charge in [0.05, 0.1) is 10.4 Å². The standard InChI is InChI=1S/C11H20N2OS/c1-4-8(2)7-13(3)10(14)11(5-6-11)9(12)15/h8H,4-7H2,1-3H3,(H2,12,15). The van der Waals surface area contributed by atoms with Gasteiger partial charge in [0.25, 0.3) is 0 Å². The second kappa shape index (κ2) is 4.47. The summed E-state index contributed by atoms with van der Waals surface area (Å²) in [4.78, 5) is 14.2. The Hall–Kier alpha value is -0.640. The van der Waals surface area contributed by atoms with Gasteiger partial charge < -0.3 is 10.6 Å². The Morgan fingerprint density at radius 1 is 1.60 bits per heavy atom. The van der Waals surface area contributed by atoms with Crippen LogP contribution in [0.4, 0.5) is 0 Å². The molecule has 1 amide bonds. The number of hydrogen-bond donors (Lipinski definition) is 1. The number of thiocarbonyl (C=S) groups is 1. The smallest absolute Gasteiger partial charge is 0.235 e. The SMILES string of the molecule is CCC(C)CN(C)C(=O)C1(C(N)=S)CC1. The third-order valence-electron chi connectivity index (χ3n) is 3.26. The van der Waals surface area contributed by atoms with Crippen molar-refractivity contribution >= 4 is 23.1 Å². The molecule has 4 heteroatoms. The van der Waals surface area contributed by atoms with Gasteiger partial charge in [-0.15, -0.1) is 0 Å². The van der Waals surface area contributed by atoms with Crippen molar-refractivity contribution in [3.05, 3.63) is 0 Å². The second-order valence-electron chi connectivity index (χ2n) is 4.65. The van der Waals surface area contributed by atoms with E-state index in [-0.39, 0.29) is 5.91 Å². The molecule has 0 radical (unpaired) electrons. The lowest BCUT2D eigenvalue weighted by Gasteiger charge is -2.25. The van der Waals surface area contributed by atoms with Crippen LogP contribution in [0.15, 0.2) is 0 Å². The Morgan fingerprint density at radius 3 is 2.47 bits per heavy atom. The molecule has 0 heterocycles. The van der Waals surface area contributed by atoms with E-state index in [1.807, 2.05) is 7.05 Å². The third kappa shape index (κ3) is 2.48. The summed E-state index contributed by atoms with van der Waals surface area (Å²) in [7, 11) is 1.84. The van der Waals surface area contributed by atoms with Crippen LogP contribution in [-0.4, -0.2) is 29.4 Å². The average molecular weight is 228 g/mol. The predicted molar refractivity (Wildman–Crippen MR) is 65.5 cm³/mol. The van der Waals surface area contributed by atoms with Crippen molar-refractivity contribution in [3.8, 4) is 0 Å². The minimum Gasteiger partial charge on any atom is -0.392 e. The topological polar surface area (TPSA) is 46.3 Å². The van der Waals surface area contributed by atoms with Gasteiger partial charge in [-0.25, -0.2) is 0 Å². The summed E-state index contributed by atoms with van der Waals surface area (Å²) in [6.07, 6.45) is 2.73. The molecule has 1 rings (SSSR count). The highest BCUT2D eigenvalue weighted by Gasteiger charge is 2.53. The van der Waals surface area contributed by atoms with Crippen LogP contribution < -0.4 is 5.73 Å². The zero-order chi connectivity index (χ0) is 11.6. The molecule has 0 aromatic rings. The Bertz CT molecular complexity index is 274. The first kappa shape index (κ1) is 12.4. The van der Waals surface area contributed by atoms with Crippen LogP contribution in [0.2, 0.25) is 0 Å². The van der Waals surface area contributed by atoms with E-state index in [9.17, 15) is 4.79 Å². The summed E-state index contributed by atoms with van der Waals surface area (Å²) in [5.74, 6) is 0.636. The van der Waals surface area contributed by atoms with E-state index in [4.69, 9.17) is 18.0 Å². The number of amides is 1. The zero-order valence-corrected chi connectivity index (χ0v) is 10.6. The van der Waals surface area contributed by atoms with Gasteiger partial charge in [-0.05, 0) is 18.8 Å². The Morgan fingerprint density at radius 2 is 2.13 bits per heavy atom. The molecule has 1 aliphatic carbocycles. The highest BCUT2D eigenvalue weighted by Crippen LogP contribution is 2.47. The molecule has 1 unspecified atom stereocenters. The maximum absolute atomic E-state index is 12.1. The van der Waals surface area contributed by atoms with Crippen LogP contribution >= 0.6 is 12.2 Å². The molecule has 15 heavy (non-hydrogen) atoms. The fraction of sp³-hybridized carbons (Fsp3) is 0.818. The molecule has 0 bridgehead atoms. The molecular formula is C11H20N2OS. The van der Waals surface area contributed by atoms with Crippen LogP contribution in [0.5, 0.6) is 0 Å². The quantitative estimate of drug-likeness (QED) is 0.726. The summed E-state index contributed by atoms with van der Waals surface area (Å²) in [6, 6.07) is 0. The molecular weight excluding hydrogens is 208 g/mol. The molecule has 0 aliphatic heterocycles. The Labute approximate surface area is 97.0 Å². The lowest BCUT2D eigenvalue weighted by atomic mass is 10.0. The number of carbonyl (C=O) groups excluding carboxylic acids is 1. The second-order valence-corrected chi connectivity index (χ2v) is 5.09. The molecule has 3 nitrogen and oxygen atoms in total. The van der Waals surface area contributed by atoms with Gasteiger partial charge in [-0.3, -0.25) is 4.79 Å². The minimum absolute atomic E-state index is 0.107. The predicted octanol–water partition coefficient (Wildman–Crippen LogP) is 1.56. The molecule has 1 saturated carbocycles. The molecule has 0 aromatic heterocycles. The van der Waals surface area contributed by atoms with Gasteiger partial charge in [0, 0.05) is 13.6 Å². The van der Waals surface area contributed by atoms with Crippen LogP contribution in [0.3, 0.4) is 0 Å². The van der Waals surface area contributed by atoms with E-state index in [0.717, 1.165) is 25.8 Å². The molecule has 2 N–H and O–H groups in total. The summed E-state index contributed by atoms with van der Waals surface area (Å²) in [6.45, 7) is 5.06. The summed E-state index contributed by atoms with van der Waals surface area (Å²) < 4.78 is 0. The minimum atomic E-state index is -0.489. The normalized spacial score (nSPS) is 19.4. The number of rotatable bonds is 5. The highest BCUT2D eigenvalue weighted by molar-refractivity contribution is 7.80. The van der Waals surface area contributed by atoms with Crippen molar-refractivity contribution < 1.29 is 4.79 Å². The van der Waals surface area contributed by atoms with Crippen molar-refractivity contribution in [2.24, 2.45) is 17.1 Å². The molecule has 86 valence electrons. The number of hydrogen-bond acceptors (Lipinski definition) is 2. The Kier molecular flexibility index (Phi) is 3.71. The first-order chi connectivity index (χ1) is 6.94. The highest BCUT2D eigenvalue weighted by atomic mass is 32.1. The van der Waals surface area contributed by atoms with Crippen molar-refractivity contribution in [3.63, 3.8) is 0 Å². The van der Waals surface area contributed by atoms with Gasteiger partial charge in [-0.2, -0.15) is 0 Å². The molecule has 1 aliphatic rings. The van der Waals surface area contributed by atoms with Gasteiger partial charge >= 0.3 is 0 Å². The first-order valence-electron chi connectivity index (χ1n) is 5.49. The van der Waals surface area contributed by atoms with Crippen LogP contribution in [0.25, 0.3) is 0 Å². The molecule has 0 saturated heterocycles. The first-order valence-corrected chi connectivity index (χ1v) is 5.90. The molecule has 0 spiro atoms. The fourth-order valence-electron chi connectivity index (χ4n) is 1.74. The van der Waals surface area contributed by atoms with Gasteiger partial charge in [-0.1, -0.05) is 32.5 Å². The van der Waals surface area contributed by atoms with Crippen LogP contribution in [0, 0.1) is 11.3 Å². The molecule has 1 atom stereocenters. The van der Waals surface area contributed by atoms with E-state index in [0.29, 0.717) is 10.9 Å². The average Bonchev–Trinajstić information content (AvgIpc) is 2.97. The maximum atomic E-state index is 12.1. The van der Waals surface area contributed by atoms with E-state index in [1.54, 1.807) is 4.90 Å². The van der Waals surface area contributed by atoms with Crippen molar-refractivity contribution in [2.75, 3.05) is 13.6 Å². The van der Waals surface area contributed by atoms with Crippen LogP contribution in [-0.2, 0) is 4.79 Å². The number of carbonyl (C=O) groups is 1. The maximum Gasteiger partial charge on any atom is 0.235 e. The van der Waals surface area contributed by atoms with E-state index in [2.05, 4.69) is 13.8 Å². The van der Waals surface area contributed by atoms with Gasteiger partial charge in [0.1, 0.15) is 0 Å². The van der Waals surface area contributed by atoms with E-state index in [1.165, 1.54) is 0 Å². The number of nitrogens with two attached hydrogens (primary N) is 1. The van der Waals surface area contributed by atoms with E-state index < -0.39 is 5.41 Å². The number of nitrogens with zero attached hydrogens (tertiary/aromatic N) is 1. The third-order valence-corrected chi connectivity index (χ3v) is 3.65. The lowest BCUT2D eigenvalue weighted by Crippen LogP contribution is -2.42. The molecule has 1 fully saturated rings.